The van der Waals surface area contributed by atoms with Crippen LogP contribution in [-0.4, -0.2) is 6.29 Å². The predicted molar refractivity (Wildman–Crippen MR) is 55.2 cm³/mol. The van der Waals surface area contributed by atoms with E-state index in [-0.39, 0.29) is 5.56 Å². The minimum atomic E-state index is -4.40. The van der Waals surface area contributed by atoms with E-state index in [1.165, 1.54) is 18.2 Å². The molecular weight excluding hydrogens is 217 g/mol. The summed E-state index contributed by atoms with van der Waals surface area (Å²) < 4.78 is 38.0. The molecule has 0 saturated carbocycles. The van der Waals surface area contributed by atoms with Gasteiger partial charge in [-0.05, 0) is 18.1 Å². The first-order valence-electron chi connectivity index (χ1n) is 5.12. The molecule has 1 atom stereocenters. The van der Waals surface area contributed by atoms with Crippen LogP contribution in [0.25, 0.3) is 0 Å². The van der Waals surface area contributed by atoms with Crippen molar-refractivity contribution >= 4 is 6.29 Å². The lowest BCUT2D eigenvalue weighted by Crippen LogP contribution is -2.12. The van der Waals surface area contributed by atoms with Gasteiger partial charge in [0.1, 0.15) is 6.29 Å². The van der Waals surface area contributed by atoms with Gasteiger partial charge in [-0.2, -0.15) is 13.2 Å². The van der Waals surface area contributed by atoms with Crippen molar-refractivity contribution in [2.24, 2.45) is 0 Å². The number of halogens is 3. The van der Waals surface area contributed by atoms with E-state index in [9.17, 15) is 18.0 Å². The molecule has 4 heteroatoms. The Bertz CT molecular complexity index is 358. The number of hydrogen-bond donors (Lipinski definition) is 0. The Balaban J connectivity index is 3.16. The van der Waals surface area contributed by atoms with E-state index in [1.807, 2.05) is 6.92 Å². The highest BCUT2D eigenvalue weighted by Crippen LogP contribution is 2.35. The van der Waals surface area contributed by atoms with Crippen molar-refractivity contribution in [1.82, 2.24) is 0 Å². The highest BCUT2D eigenvalue weighted by molar-refractivity contribution is 5.63. The van der Waals surface area contributed by atoms with Gasteiger partial charge < -0.3 is 4.79 Å². The second-order valence-corrected chi connectivity index (χ2v) is 3.62. The molecule has 88 valence electrons. The van der Waals surface area contributed by atoms with Crippen LogP contribution in [0.5, 0.6) is 0 Å². The van der Waals surface area contributed by atoms with Gasteiger partial charge in [-0.3, -0.25) is 0 Å². The number of aldehydes is 1. The molecule has 0 amide bonds. The smallest absolute Gasteiger partial charge is 0.303 e. The Morgan fingerprint density at radius 1 is 1.31 bits per heavy atom. The van der Waals surface area contributed by atoms with E-state index in [2.05, 4.69) is 0 Å². The van der Waals surface area contributed by atoms with Crippen molar-refractivity contribution in [1.29, 1.82) is 0 Å². The van der Waals surface area contributed by atoms with Gasteiger partial charge in [-0.1, -0.05) is 31.5 Å². The van der Waals surface area contributed by atoms with Crippen LogP contribution in [0.4, 0.5) is 13.2 Å². The Morgan fingerprint density at radius 2 is 1.94 bits per heavy atom. The first-order valence-corrected chi connectivity index (χ1v) is 5.12. The van der Waals surface area contributed by atoms with E-state index in [4.69, 9.17) is 0 Å². The number of alkyl halides is 3. The maximum absolute atomic E-state index is 12.7. The molecule has 1 rings (SSSR count). The van der Waals surface area contributed by atoms with Crippen LogP contribution in [0.2, 0.25) is 0 Å². The van der Waals surface area contributed by atoms with Gasteiger partial charge in [-0.15, -0.1) is 0 Å². The minimum absolute atomic E-state index is 0.0758. The third-order valence-corrected chi connectivity index (χ3v) is 2.43. The van der Waals surface area contributed by atoms with Crippen LogP contribution < -0.4 is 0 Å². The monoisotopic (exact) mass is 230 g/mol. The van der Waals surface area contributed by atoms with Crippen molar-refractivity contribution in [2.45, 2.75) is 31.9 Å². The molecule has 0 heterocycles. The fraction of sp³-hybridized carbons (Fsp3) is 0.417. The van der Waals surface area contributed by atoms with Gasteiger partial charge in [0.25, 0.3) is 0 Å². The fourth-order valence-corrected chi connectivity index (χ4v) is 1.69. The summed E-state index contributed by atoms with van der Waals surface area (Å²) in [5, 5.41) is 0. The molecule has 0 fully saturated rings. The highest BCUT2D eigenvalue weighted by atomic mass is 19.4. The average Bonchev–Trinajstić information content (AvgIpc) is 2.25. The van der Waals surface area contributed by atoms with Crippen molar-refractivity contribution in [3.05, 3.63) is 35.4 Å². The van der Waals surface area contributed by atoms with Gasteiger partial charge in [0.15, 0.2) is 0 Å². The number of carbonyl (C=O) groups is 1. The Morgan fingerprint density at radius 3 is 2.44 bits per heavy atom. The zero-order valence-corrected chi connectivity index (χ0v) is 8.92. The summed E-state index contributed by atoms with van der Waals surface area (Å²) in [5.41, 5.74) is -0.632. The Kier molecular flexibility index (Phi) is 4.10. The summed E-state index contributed by atoms with van der Waals surface area (Å²) in [6.45, 7) is 1.84. The molecule has 1 nitrogen and oxygen atoms in total. The minimum Gasteiger partial charge on any atom is -0.303 e. The molecule has 1 aromatic carbocycles. The number of rotatable bonds is 4. The van der Waals surface area contributed by atoms with Crippen molar-refractivity contribution in [2.75, 3.05) is 0 Å². The summed E-state index contributed by atoms with van der Waals surface area (Å²) in [7, 11) is 0. The van der Waals surface area contributed by atoms with Crippen molar-refractivity contribution in [3.63, 3.8) is 0 Å². The predicted octanol–water partition coefficient (Wildman–Crippen LogP) is 3.79. The molecule has 0 radical (unpaired) electrons. The quantitative estimate of drug-likeness (QED) is 0.719. The van der Waals surface area contributed by atoms with E-state index in [0.717, 1.165) is 6.07 Å². The van der Waals surface area contributed by atoms with Crippen LogP contribution in [0, 0.1) is 0 Å². The first kappa shape index (κ1) is 12.7. The third-order valence-electron chi connectivity index (χ3n) is 2.43. The van der Waals surface area contributed by atoms with Crippen LogP contribution in [0.15, 0.2) is 24.3 Å². The largest absolute Gasteiger partial charge is 0.416 e. The Hall–Kier alpha value is -1.32. The maximum Gasteiger partial charge on any atom is 0.416 e. The van der Waals surface area contributed by atoms with Crippen LogP contribution in [-0.2, 0) is 11.0 Å². The molecule has 1 aromatic rings. The topological polar surface area (TPSA) is 17.1 Å². The number of carbonyl (C=O) groups excluding carboxylic acids is 1. The number of hydrogen-bond acceptors (Lipinski definition) is 1. The van der Waals surface area contributed by atoms with E-state index >= 15 is 0 Å². The molecule has 0 bridgehead atoms. The zero-order chi connectivity index (χ0) is 12.2. The van der Waals surface area contributed by atoms with Gasteiger partial charge >= 0.3 is 6.18 Å². The molecule has 0 N–H and O–H groups in total. The lowest BCUT2D eigenvalue weighted by Gasteiger charge is -2.16. The van der Waals surface area contributed by atoms with Gasteiger partial charge in [0.05, 0.1) is 5.56 Å². The summed E-state index contributed by atoms with van der Waals surface area (Å²) in [4.78, 5) is 10.8. The summed E-state index contributed by atoms with van der Waals surface area (Å²) in [5.74, 6) is -0.664. The number of benzene rings is 1. The molecule has 0 aliphatic rings. The fourth-order valence-electron chi connectivity index (χ4n) is 1.69. The Labute approximate surface area is 92.3 Å². The third kappa shape index (κ3) is 2.84. The summed E-state index contributed by atoms with van der Waals surface area (Å²) >= 11 is 0. The second-order valence-electron chi connectivity index (χ2n) is 3.62. The van der Waals surface area contributed by atoms with Crippen LogP contribution in [0.3, 0.4) is 0 Å². The SMILES string of the molecule is CCCC(C=O)c1ccccc1C(F)(F)F. The molecular formula is C12H13F3O. The molecule has 0 saturated heterocycles. The van der Waals surface area contributed by atoms with Crippen LogP contribution >= 0.6 is 0 Å². The maximum atomic E-state index is 12.7. The second kappa shape index (κ2) is 5.14. The van der Waals surface area contributed by atoms with E-state index in [0.29, 0.717) is 19.1 Å². The molecule has 0 aliphatic heterocycles. The molecule has 1 unspecified atom stereocenters. The zero-order valence-electron chi connectivity index (χ0n) is 8.92. The average molecular weight is 230 g/mol. The lowest BCUT2D eigenvalue weighted by atomic mass is 9.91. The summed E-state index contributed by atoms with van der Waals surface area (Å²) in [6.07, 6.45) is -2.69. The normalized spacial score (nSPS) is 13.5. The summed E-state index contributed by atoms with van der Waals surface area (Å²) in [6, 6.07) is 5.25. The van der Waals surface area contributed by atoms with E-state index in [1.54, 1.807) is 0 Å². The standard InChI is InChI=1S/C12H13F3O/c1-2-5-9(8-16)10-6-3-4-7-11(10)12(13,14)15/h3-4,6-9H,2,5H2,1H3. The highest BCUT2D eigenvalue weighted by Gasteiger charge is 2.34. The molecule has 0 aliphatic carbocycles. The van der Waals surface area contributed by atoms with Gasteiger partial charge in [0.2, 0.25) is 0 Å². The van der Waals surface area contributed by atoms with E-state index < -0.39 is 17.7 Å². The first-order chi connectivity index (χ1) is 7.50. The molecule has 0 aromatic heterocycles. The van der Waals surface area contributed by atoms with Crippen molar-refractivity contribution in [3.8, 4) is 0 Å². The van der Waals surface area contributed by atoms with Crippen molar-refractivity contribution < 1.29 is 18.0 Å². The molecule has 0 spiro atoms. The van der Waals surface area contributed by atoms with Gasteiger partial charge in [0, 0.05) is 5.92 Å². The lowest BCUT2D eigenvalue weighted by molar-refractivity contribution is -0.138. The van der Waals surface area contributed by atoms with Crippen LogP contribution in [0.1, 0.15) is 36.8 Å². The van der Waals surface area contributed by atoms with Gasteiger partial charge in [-0.25, -0.2) is 0 Å². The molecule has 16 heavy (non-hydrogen) atoms.